The monoisotopic (exact) mass is 441 g/mol. The second-order valence-electron chi connectivity index (χ2n) is 9.67. The number of rotatable bonds is 8. The normalized spacial score (nSPS) is 27.5. The van der Waals surface area contributed by atoms with E-state index in [4.69, 9.17) is 4.74 Å². The Kier molecular flexibility index (Phi) is 6.48. The third kappa shape index (κ3) is 5.47. The molecular weight excluding hydrogens is 410 g/mol. The van der Waals surface area contributed by atoms with Crippen molar-refractivity contribution < 1.29 is 23.9 Å². The summed E-state index contributed by atoms with van der Waals surface area (Å²) < 4.78 is 4.98. The highest BCUT2D eigenvalue weighted by Gasteiger charge is 2.51. The minimum Gasteiger partial charge on any atom is -0.456 e. The Morgan fingerprint density at radius 1 is 1.03 bits per heavy atom. The molecule has 3 N–H and O–H groups in total. The van der Waals surface area contributed by atoms with Crippen LogP contribution in [0.15, 0.2) is 24.3 Å². The van der Waals surface area contributed by atoms with E-state index in [2.05, 4.69) is 16.0 Å². The SMILES string of the molecule is CC(=O)c1cccc(NC(=O)COC(=O)CCNC(=O)NC23CC4CC(CC(C4)C2)C3)c1. The zero-order chi connectivity index (χ0) is 22.7. The minimum absolute atomic E-state index is 0.0125. The molecule has 172 valence electrons. The summed E-state index contributed by atoms with van der Waals surface area (Å²) in [6, 6.07) is 6.30. The van der Waals surface area contributed by atoms with Crippen molar-refractivity contribution in [2.75, 3.05) is 18.5 Å². The summed E-state index contributed by atoms with van der Waals surface area (Å²) in [7, 11) is 0. The van der Waals surface area contributed by atoms with Crippen LogP contribution in [0.25, 0.3) is 0 Å². The van der Waals surface area contributed by atoms with Crippen LogP contribution in [0, 0.1) is 17.8 Å². The van der Waals surface area contributed by atoms with E-state index in [1.165, 1.54) is 26.2 Å². The molecule has 4 aliphatic rings. The van der Waals surface area contributed by atoms with Gasteiger partial charge in [0.1, 0.15) is 0 Å². The number of amides is 3. The Morgan fingerprint density at radius 3 is 2.31 bits per heavy atom. The first-order valence-corrected chi connectivity index (χ1v) is 11.4. The first kappa shape index (κ1) is 22.3. The van der Waals surface area contributed by atoms with Crippen molar-refractivity contribution in [3.05, 3.63) is 29.8 Å². The molecule has 1 aromatic rings. The van der Waals surface area contributed by atoms with E-state index >= 15 is 0 Å². The number of hydrogen-bond acceptors (Lipinski definition) is 5. The molecule has 0 radical (unpaired) electrons. The number of ketones is 1. The first-order chi connectivity index (χ1) is 15.3. The molecule has 32 heavy (non-hydrogen) atoms. The summed E-state index contributed by atoms with van der Waals surface area (Å²) >= 11 is 0. The molecule has 0 unspecified atom stereocenters. The molecule has 0 aromatic heterocycles. The molecule has 0 heterocycles. The number of nitrogens with one attached hydrogen (secondary N) is 3. The fourth-order valence-electron chi connectivity index (χ4n) is 6.06. The lowest BCUT2D eigenvalue weighted by Crippen LogP contribution is -2.61. The van der Waals surface area contributed by atoms with Gasteiger partial charge in [0, 0.05) is 23.3 Å². The maximum absolute atomic E-state index is 12.4. The maximum Gasteiger partial charge on any atom is 0.315 e. The van der Waals surface area contributed by atoms with Crippen LogP contribution in [0.3, 0.4) is 0 Å². The summed E-state index contributed by atoms with van der Waals surface area (Å²) in [5, 5.41) is 8.54. The summed E-state index contributed by atoms with van der Waals surface area (Å²) in [6.07, 6.45) is 7.12. The molecule has 0 spiro atoms. The van der Waals surface area contributed by atoms with E-state index in [0.29, 0.717) is 11.3 Å². The quantitative estimate of drug-likeness (QED) is 0.424. The lowest BCUT2D eigenvalue weighted by molar-refractivity contribution is -0.147. The Labute approximate surface area is 187 Å². The second-order valence-corrected chi connectivity index (χ2v) is 9.67. The lowest BCUT2D eigenvalue weighted by Gasteiger charge is -2.56. The van der Waals surface area contributed by atoms with Gasteiger partial charge in [-0.1, -0.05) is 12.1 Å². The molecule has 4 bridgehead atoms. The zero-order valence-corrected chi connectivity index (χ0v) is 18.4. The van der Waals surface area contributed by atoms with E-state index in [9.17, 15) is 19.2 Å². The van der Waals surface area contributed by atoms with Crippen LogP contribution in [-0.4, -0.2) is 42.4 Å². The van der Waals surface area contributed by atoms with Crippen LogP contribution in [0.1, 0.15) is 62.2 Å². The number of Topliss-reactive ketones (excluding diaryl/α,β-unsaturated/α-hetero) is 1. The molecule has 4 saturated carbocycles. The van der Waals surface area contributed by atoms with Gasteiger partial charge in [-0.25, -0.2) is 4.79 Å². The number of hydrogen-bond donors (Lipinski definition) is 3. The molecule has 4 fully saturated rings. The summed E-state index contributed by atoms with van der Waals surface area (Å²) in [5.74, 6) is 1.07. The Balaban J connectivity index is 1.13. The molecule has 3 amide bonds. The van der Waals surface area contributed by atoms with Gasteiger partial charge in [0.25, 0.3) is 5.91 Å². The number of carbonyl (C=O) groups excluding carboxylic acids is 4. The van der Waals surface area contributed by atoms with Crippen molar-refractivity contribution in [2.24, 2.45) is 17.8 Å². The van der Waals surface area contributed by atoms with E-state index in [-0.39, 0.29) is 30.3 Å². The van der Waals surface area contributed by atoms with Crippen LogP contribution >= 0.6 is 0 Å². The highest BCUT2D eigenvalue weighted by Crippen LogP contribution is 2.55. The fraction of sp³-hybridized carbons (Fsp3) is 0.583. The van der Waals surface area contributed by atoms with Gasteiger partial charge in [-0.2, -0.15) is 0 Å². The third-order valence-electron chi connectivity index (χ3n) is 6.95. The zero-order valence-electron chi connectivity index (χ0n) is 18.4. The van der Waals surface area contributed by atoms with Crippen molar-refractivity contribution >= 4 is 29.4 Å². The number of ether oxygens (including phenoxy) is 1. The van der Waals surface area contributed by atoms with Gasteiger partial charge in [-0.05, 0) is 75.3 Å². The Morgan fingerprint density at radius 2 is 1.69 bits per heavy atom. The van der Waals surface area contributed by atoms with Gasteiger partial charge < -0.3 is 20.7 Å². The fourth-order valence-corrected chi connectivity index (χ4v) is 6.06. The second kappa shape index (κ2) is 9.30. The topological polar surface area (TPSA) is 114 Å². The molecule has 8 nitrogen and oxygen atoms in total. The molecule has 8 heteroatoms. The predicted molar refractivity (Wildman–Crippen MR) is 118 cm³/mol. The van der Waals surface area contributed by atoms with Gasteiger partial charge in [0.05, 0.1) is 6.42 Å². The van der Waals surface area contributed by atoms with Gasteiger partial charge in [-0.15, -0.1) is 0 Å². The predicted octanol–water partition coefficient (Wildman–Crippen LogP) is 3.03. The maximum atomic E-state index is 12.4. The van der Waals surface area contributed by atoms with Gasteiger partial charge in [0.15, 0.2) is 12.4 Å². The number of benzene rings is 1. The average Bonchev–Trinajstić information content (AvgIpc) is 2.71. The molecular formula is C24H31N3O5. The summed E-state index contributed by atoms with van der Waals surface area (Å²) in [6.45, 7) is 1.17. The van der Waals surface area contributed by atoms with Crippen LogP contribution in [-0.2, 0) is 14.3 Å². The van der Waals surface area contributed by atoms with Crippen LogP contribution < -0.4 is 16.0 Å². The standard InChI is InChI=1S/C24H31N3O5/c1-15(28)19-3-2-4-20(10-19)26-21(29)14-32-22(30)5-6-25-23(31)27-24-11-16-7-17(12-24)9-18(8-16)13-24/h2-4,10,16-18H,5-9,11-14H2,1H3,(H,26,29)(H2,25,27,31). The van der Waals surface area contributed by atoms with E-state index in [1.54, 1.807) is 24.3 Å². The van der Waals surface area contributed by atoms with Crippen molar-refractivity contribution in [3.63, 3.8) is 0 Å². The highest BCUT2D eigenvalue weighted by atomic mass is 16.5. The largest absolute Gasteiger partial charge is 0.456 e. The van der Waals surface area contributed by atoms with E-state index in [1.807, 2.05) is 0 Å². The first-order valence-electron chi connectivity index (χ1n) is 11.4. The van der Waals surface area contributed by atoms with E-state index in [0.717, 1.165) is 37.0 Å². The third-order valence-corrected chi connectivity index (χ3v) is 6.95. The molecule has 5 rings (SSSR count). The average molecular weight is 442 g/mol. The van der Waals surface area contributed by atoms with Crippen LogP contribution in [0.2, 0.25) is 0 Å². The van der Waals surface area contributed by atoms with Gasteiger partial charge in [0.2, 0.25) is 0 Å². The highest BCUT2D eigenvalue weighted by molar-refractivity contribution is 5.97. The number of esters is 1. The number of anilines is 1. The summed E-state index contributed by atoms with van der Waals surface area (Å²) in [5.41, 5.74) is 0.872. The minimum atomic E-state index is -0.562. The Hall–Kier alpha value is -2.90. The van der Waals surface area contributed by atoms with Crippen molar-refractivity contribution in [1.82, 2.24) is 10.6 Å². The number of urea groups is 1. The molecule has 0 aliphatic heterocycles. The Bertz CT molecular complexity index is 877. The smallest absolute Gasteiger partial charge is 0.315 e. The summed E-state index contributed by atoms with van der Waals surface area (Å²) in [4.78, 5) is 47.7. The molecule has 0 atom stereocenters. The van der Waals surface area contributed by atoms with Crippen LogP contribution in [0.4, 0.5) is 10.5 Å². The van der Waals surface area contributed by atoms with Gasteiger partial charge >= 0.3 is 12.0 Å². The molecule has 1 aromatic carbocycles. The van der Waals surface area contributed by atoms with Crippen molar-refractivity contribution in [1.29, 1.82) is 0 Å². The molecule has 0 saturated heterocycles. The van der Waals surface area contributed by atoms with Crippen molar-refractivity contribution in [3.8, 4) is 0 Å². The van der Waals surface area contributed by atoms with Gasteiger partial charge in [-0.3, -0.25) is 14.4 Å². The van der Waals surface area contributed by atoms with Crippen molar-refractivity contribution in [2.45, 2.75) is 57.4 Å². The number of carbonyl (C=O) groups is 4. The lowest BCUT2D eigenvalue weighted by atomic mass is 9.53. The van der Waals surface area contributed by atoms with Crippen LogP contribution in [0.5, 0.6) is 0 Å². The van der Waals surface area contributed by atoms with E-state index < -0.39 is 18.5 Å². The molecule has 4 aliphatic carbocycles.